The van der Waals surface area contributed by atoms with Crippen LogP contribution < -0.4 is 5.73 Å². The van der Waals surface area contributed by atoms with Gasteiger partial charge in [-0.3, -0.25) is 4.90 Å². The van der Waals surface area contributed by atoms with E-state index in [4.69, 9.17) is 10.3 Å². The quantitative estimate of drug-likeness (QED) is 0.886. The van der Waals surface area contributed by atoms with E-state index in [1.807, 2.05) is 6.07 Å². The Morgan fingerprint density at radius 2 is 2.05 bits per heavy atom. The van der Waals surface area contributed by atoms with Gasteiger partial charge in [0.1, 0.15) is 5.69 Å². The molecule has 1 aliphatic carbocycles. The highest BCUT2D eigenvalue weighted by Crippen LogP contribution is 2.35. The SMILES string of the molecule is Cc1ccc(-c2cc(CN(C)C(CN)C3CC3)on2)cc1. The fourth-order valence-electron chi connectivity index (χ4n) is 2.82. The molecular formula is C17H23N3O. The maximum Gasteiger partial charge on any atom is 0.151 e. The molecule has 0 saturated heterocycles. The van der Waals surface area contributed by atoms with E-state index in [1.54, 1.807) is 0 Å². The van der Waals surface area contributed by atoms with Crippen LogP contribution in [0.3, 0.4) is 0 Å². The minimum absolute atomic E-state index is 0.456. The van der Waals surface area contributed by atoms with Crippen LogP contribution >= 0.6 is 0 Å². The van der Waals surface area contributed by atoms with Gasteiger partial charge in [-0.05, 0) is 32.7 Å². The van der Waals surface area contributed by atoms with Crippen molar-refractivity contribution in [3.8, 4) is 11.3 Å². The third-order valence-corrected chi connectivity index (χ3v) is 4.29. The number of hydrogen-bond donors (Lipinski definition) is 1. The van der Waals surface area contributed by atoms with Crippen LogP contribution in [0.1, 0.15) is 24.2 Å². The van der Waals surface area contributed by atoms with Crippen LogP contribution in [0.5, 0.6) is 0 Å². The highest BCUT2D eigenvalue weighted by molar-refractivity contribution is 5.59. The van der Waals surface area contributed by atoms with Gasteiger partial charge in [0, 0.05) is 24.2 Å². The summed E-state index contributed by atoms with van der Waals surface area (Å²) in [5, 5.41) is 4.18. The molecule has 0 amide bonds. The monoisotopic (exact) mass is 285 g/mol. The number of benzene rings is 1. The molecule has 0 bridgehead atoms. The topological polar surface area (TPSA) is 55.3 Å². The van der Waals surface area contributed by atoms with Gasteiger partial charge < -0.3 is 10.3 Å². The van der Waals surface area contributed by atoms with E-state index in [9.17, 15) is 0 Å². The van der Waals surface area contributed by atoms with Crippen molar-refractivity contribution in [1.82, 2.24) is 10.1 Å². The molecule has 1 unspecified atom stereocenters. The van der Waals surface area contributed by atoms with Crippen LogP contribution in [0.2, 0.25) is 0 Å². The summed E-state index contributed by atoms with van der Waals surface area (Å²) in [6.07, 6.45) is 2.61. The lowest BCUT2D eigenvalue weighted by molar-refractivity contribution is 0.193. The highest BCUT2D eigenvalue weighted by atomic mass is 16.5. The van der Waals surface area contributed by atoms with Crippen molar-refractivity contribution in [1.29, 1.82) is 0 Å². The van der Waals surface area contributed by atoms with Crippen molar-refractivity contribution in [2.24, 2.45) is 11.7 Å². The van der Waals surface area contributed by atoms with Crippen molar-refractivity contribution in [3.05, 3.63) is 41.7 Å². The summed E-state index contributed by atoms with van der Waals surface area (Å²) in [5.74, 6) is 1.66. The average molecular weight is 285 g/mol. The summed E-state index contributed by atoms with van der Waals surface area (Å²) < 4.78 is 5.48. The molecule has 4 nitrogen and oxygen atoms in total. The lowest BCUT2D eigenvalue weighted by atomic mass is 10.1. The molecule has 2 aromatic rings. The molecule has 1 fully saturated rings. The number of hydrogen-bond acceptors (Lipinski definition) is 4. The first-order valence-corrected chi connectivity index (χ1v) is 7.60. The van der Waals surface area contributed by atoms with E-state index in [-0.39, 0.29) is 0 Å². The first kappa shape index (κ1) is 14.3. The Hall–Kier alpha value is -1.65. The van der Waals surface area contributed by atoms with Crippen LogP contribution in [-0.2, 0) is 6.54 Å². The fourth-order valence-corrected chi connectivity index (χ4v) is 2.82. The Morgan fingerprint density at radius 3 is 2.67 bits per heavy atom. The highest BCUT2D eigenvalue weighted by Gasteiger charge is 2.33. The minimum atomic E-state index is 0.456. The number of rotatable bonds is 6. The number of nitrogens with two attached hydrogens (primary N) is 1. The Labute approximate surface area is 125 Å². The van der Waals surface area contributed by atoms with Crippen LogP contribution in [0.25, 0.3) is 11.3 Å². The molecular weight excluding hydrogens is 262 g/mol. The first-order valence-electron chi connectivity index (χ1n) is 7.60. The third kappa shape index (κ3) is 3.34. The molecule has 1 heterocycles. The normalized spacial score (nSPS) is 16.4. The van der Waals surface area contributed by atoms with Crippen molar-refractivity contribution in [3.63, 3.8) is 0 Å². The number of aromatic nitrogens is 1. The van der Waals surface area contributed by atoms with Crippen molar-refractivity contribution in [2.75, 3.05) is 13.6 Å². The maximum atomic E-state index is 5.89. The zero-order valence-corrected chi connectivity index (χ0v) is 12.7. The lowest BCUT2D eigenvalue weighted by Gasteiger charge is -2.25. The smallest absolute Gasteiger partial charge is 0.151 e. The summed E-state index contributed by atoms with van der Waals surface area (Å²) in [6, 6.07) is 10.8. The molecule has 1 atom stereocenters. The summed E-state index contributed by atoms with van der Waals surface area (Å²) >= 11 is 0. The molecule has 1 aromatic carbocycles. The van der Waals surface area contributed by atoms with E-state index in [1.165, 1.54) is 18.4 Å². The molecule has 1 aromatic heterocycles. The van der Waals surface area contributed by atoms with Gasteiger partial charge in [-0.2, -0.15) is 0 Å². The maximum absolute atomic E-state index is 5.89. The molecule has 2 N–H and O–H groups in total. The predicted octanol–water partition coefficient (Wildman–Crippen LogP) is 2.82. The Kier molecular flexibility index (Phi) is 4.08. The van der Waals surface area contributed by atoms with Crippen molar-refractivity contribution in [2.45, 2.75) is 32.4 Å². The summed E-state index contributed by atoms with van der Waals surface area (Å²) in [7, 11) is 2.11. The molecule has 21 heavy (non-hydrogen) atoms. The van der Waals surface area contributed by atoms with Crippen LogP contribution in [0, 0.1) is 12.8 Å². The fraction of sp³-hybridized carbons (Fsp3) is 0.471. The van der Waals surface area contributed by atoms with E-state index in [0.29, 0.717) is 12.6 Å². The van der Waals surface area contributed by atoms with Gasteiger partial charge in [0.2, 0.25) is 0 Å². The molecule has 1 saturated carbocycles. The third-order valence-electron chi connectivity index (χ3n) is 4.29. The van der Waals surface area contributed by atoms with Gasteiger partial charge in [-0.15, -0.1) is 0 Å². The second-order valence-corrected chi connectivity index (χ2v) is 6.10. The number of likely N-dealkylation sites (N-methyl/N-ethyl adjacent to an activating group) is 1. The largest absolute Gasteiger partial charge is 0.359 e. The molecule has 112 valence electrons. The molecule has 0 spiro atoms. The van der Waals surface area contributed by atoms with E-state index < -0.39 is 0 Å². The standard InChI is InChI=1S/C17H23N3O/c1-12-3-5-13(6-4-12)16-9-15(21-19-16)11-20(2)17(10-18)14-7-8-14/h3-6,9,14,17H,7-8,10-11,18H2,1-2H3. The Morgan fingerprint density at radius 1 is 1.33 bits per heavy atom. The van der Waals surface area contributed by atoms with Crippen molar-refractivity contribution >= 4 is 0 Å². The Bertz CT molecular complexity index is 586. The lowest BCUT2D eigenvalue weighted by Crippen LogP contribution is -2.39. The number of aryl methyl sites for hydroxylation is 1. The van der Waals surface area contributed by atoms with Crippen LogP contribution in [-0.4, -0.2) is 29.7 Å². The summed E-state index contributed by atoms with van der Waals surface area (Å²) in [6.45, 7) is 3.55. The average Bonchev–Trinajstić information content (AvgIpc) is 3.20. The van der Waals surface area contributed by atoms with Crippen LogP contribution in [0.4, 0.5) is 0 Å². The molecule has 1 aliphatic rings. The van der Waals surface area contributed by atoms with E-state index in [2.05, 4.69) is 48.3 Å². The predicted molar refractivity (Wildman–Crippen MR) is 83.7 cm³/mol. The zero-order valence-electron chi connectivity index (χ0n) is 12.7. The van der Waals surface area contributed by atoms with Gasteiger partial charge in [-0.25, -0.2) is 0 Å². The minimum Gasteiger partial charge on any atom is -0.359 e. The number of nitrogens with zero attached hydrogens (tertiary/aromatic N) is 2. The summed E-state index contributed by atoms with van der Waals surface area (Å²) in [4.78, 5) is 2.29. The summed E-state index contributed by atoms with van der Waals surface area (Å²) in [5.41, 5.74) is 9.13. The zero-order chi connectivity index (χ0) is 14.8. The first-order chi connectivity index (χ1) is 10.2. The van der Waals surface area contributed by atoms with E-state index in [0.717, 1.165) is 29.5 Å². The van der Waals surface area contributed by atoms with Gasteiger partial charge in [0.25, 0.3) is 0 Å². The molecule has 3 rings (SSSR count). The Balaban J connectivity index is 1.68. The van der Waals surface area contributed by atoms with Crippen molar-refractivity contribution < 1.29 is 4.52 Å². The van der Waals surface area contributed by atoms with Gasteiger partial charge in [-0.1, -0.05) is 35.0 Å². The van der Waals surface area contributed by atoms with Gasteiger partial charge in [0.15, 0.2) is 5.76 Å². The molecule has 4 heteroatoms. The second-order valence-electron chi connectivity index (χ2n) is 6.10. The van der Waals surface area contributed by atoms with Crippen LogP contribution in [0.15, 0.2) is 34.9 Å². The van der Waals surface area contributed by atoms with E-state index >= 15 is 0 Å². The second kappa shape index (κ2) is 6.00. The molecule has 0 radical (unpaired) electrons. The molecule has 0 aliphatic heterocycles. The van der Waals surface area contributed by atoms with Gasteiger partial charge in [0.05, 0.1) is 6.54 Å². The van der Waals surface area contributed by atoms with Gasteiger partial charge >= 0.3 is 0 Å².